The topological polar surface area (TPSA) is 57.5 Å². The van der Waals surface area contributed by atoms with Crippen LogP contribution >= 0.6 is 0 Å². The van der Waals surface area contributed by atoms with E-state index in [9.17, 15) is 15.0 Å². The van der Waals surface area contributed by atoms with E-state index >= 15 is 0 Å². The molecule has 1 atom stereocenters. The number of carbonyl (C=O) groups is 1. The number of benzene rings is 1. The van der Waals surface area contributed by atoms with Gasteiger partial charge in [0.1, 0.15) is 5.75 Å². The zero-order chi connectivity index (χ0) is 22.3. The maximum absolute atomic E-state index is 11.7. The van der Waals surface area contributed by atoms with Gasteiger partial charge in [0.15, 0.2) is 0 Å². The Hall–Kier alpha value is -1.51. The summed E-state index contributed by atoms with van der Waals surface area (Å²) in [5.74, 6) is -1.14. The van der Waals surface area contributed by atoms with Gasteiger partial charge in [0.05, 0.1) is 5.92 Å². The summed E-state index contributed by atoms with van der Waals surface area (Å²) < 4.78 is 0. The lowest BCUT2D eigenvalue weighted by atomic mass is 9.67. The summed E-state index contributed by atoms with van der Waals surface area (Å²) in [6, 6.07) is 3.83. The summed E-state index contributed by atoms with van der Waals surface area (Å²) in [6.45, 7) is 23.5. The van der Waals surface area contributed by atoms with E-state index in [-0.39, 0.29) is 21.7 Å². The molecule has 0 saturated heterocycles. The van der Waals surface area contributed by atoms with Crippen molar-refractivity contribution < 1.29 is 15.0 Å². The average Bonchev–Trinajstić information content (AvgIpc) is 2.40. The largest absolute Gasteiger partial charge is 0.507 e. The zero-order valence-electron chi connectivity index (χ0n) is 19.9. The highest BCUT2D eigenvalue weighted by Crippen LogP contribution is 2.47. The van der Waals surface area contributed by atoms with E-state index in [0.29, 0.717) is 5.75 Å². The zero-order valence-corrected chi connectivity index (χ0v) is 19.9. The Morgan fingerprint density at radius 1 is 0.821 bits per heavy atom. The molecule has 160 valence electrons. The molecule has 3 heteroatoms. The highest BCUT2D eigenvalue weighted by atomic mass is 16.4. The Bertz CT molecular complexity index is 663. The molecule has 1 unspecified atom stereocenters. The van der Waals surface area contributed by atoms with Gasteiger partial charge in [-0.2, -0.15) is 0 Å². The third-order valence-electron chi connectivity index (χ3n) is 5.41. The van der Waals surface area contributed by atoms with Crippen LogP contribution in [0, 0.1) is 10.8 Å². The van der Waals surface area contributed by atoms with Crippen molar-refractivity contribution in [3.8, 4) is 5.75 Å². The highest BCUT2D eigenvalue weighted by Gasteiger charge is 2.36. The molecule has 0 radical (unpaired) electrons. The van der Waals surface area contributed by atoms with Gasteiger partial charge in [-0.25, -0.2) is 0 Å². The maximum Gasteiger partial charge on any atom is 0.310 e. The fourth-order valence-electron chi connectivity index (χ4n) is 4.92. The van der Waals surface area contributed by atoms with Gasteiger partial charge in [0.25, 0.3) is 0 Å². The van der Waals surface area contributed by atoms with Gasteiger partial charge in [-0.05, 0) is 47.0 Å². The molecule has 28 heavy (non-hydrogen) atoms. The number of rotatable bonds is 6. The van der Waals surface area contributed by atoms with Crippen LogP contribution in [0.2, 0.25) is 0 Å². The molecule has 1 aromatic rings. The van der Waals surface area contributed by atoms with Crippen LogP contribution in [-0.4, -0.2) is 16.2 Å². The predicted octanol–water partition coefficient (Wildman–Crippen LogP) is 7.01. The fourth-order valence-corrected chi connectivity index (χ4v) is 4.92. The van der Waals surface area contributed by atoms with E-state index in [4.69, 9.17) is 0 Å². The number of aromatic hydroxyl groups is 1. The third-order valence-corrected chi connectivity index (χ3v) is 5.41. The second kappa shape index (κ2) is 7.72. The number of carboxylic acids is 1. The van der Waals surface area contributed by atoms with Gasteiger partial charge in [0, 0.05) is 11.1 Å². The lowest BCUT2D eigenvalue weighted by Crippen LogP contribution is -2.29. The molecule has 0 saturated carbocycles. The van der Waals surface area contributed by atoms with Gasteiger partial charge in [-0.3, -0.25) is 4.79 Å². The van der Waals surface area contributed by atoms with E-state index in [0.717, 1.165) is 29.5 Å². The first-order valence-corrected chi connectivity index (χ1v) is 10.4. The Balaban J connectivity index is 3.73. The van der Waals surface area contributed by atoms with Crippen molar-refractivity contribution in [2.75, 3.05) is 0 Å². The average molecular weight is 391 g/mol. The first kappa shape index (κ1) is 24.5. The molecule has 0 amide bonds. The second-order valence-corrected chi connectivity index (χ2v) is 12.3. The molecule has 1 rings (SSSR count). The molecule has 0 aliphatic rings. The minimum atomic E-state index is -0.843. The Kier molecular flexibility index (Phi) is 6.77. The predicted molar refractivity (Wildman–Crippen MR) is 118 cm³/mol. The smallest absolute Gasteiger partial charge is 0.310 e. The third kappa shape index (κ3) is 6.25. The summed E-state index contributed by atoms with van der Waals surface area (Å²) >= 11 is 0. The summed E-state index contributed by atoms with van der Waals surface area (Å²) in [5, 5.41) is 21.0. The highest BCUT2D eigenvalue weighted by molar-refractivity contribution is 5.76. The monoisotopic (exact) mass is 390 g/mol. The summed E-state index contributed by atoms with van der Waals surface area (Å²) in [7, 11) is 0. The molecule has 0 bridgehead atoms. The van der Waals surface area contributed by atoms with E-state index in [2.05, 4.69) is 69.2 Å². The van der Waals surface area contributed by atoms with Gasteiger partial charge >= 0.3 is 5.97 Å². The second-order valence-electron chi connectivity index (χ2n) is 12.3. The Morgan fingerprint density at radius 2 is 1.14 bits per heavy atom. The number of hydrogen-bond acceptors (Lipinski definition) is 2. The van der Waals surface area contributed by atoms with Crippen LogP contribution in [0.15, 0.2) is 12.1 Å². The molecule has 0 heterocycles. The van der Waals surface area contributed by atoms with Crippen molar-refractivity contribution in [3.05, 3.63) is 28.8 Å². The van der Waals surface area contributed by atoms with Gasteiger partial charge in [0.2, 0.25) is 0 Å². The molecule has 0 fully saturated rings. The van der Waals surface area contributed by atoms with Crippen LogP contribution in [0.4, 0.5) is 0 Å². The molecule has 0 aliphatic heterocycles. The van der Waals surface area contributed by atoms with Gasteiger partial charge in [-0.15, -0.1) is 0 Å². The molecule has 0 aromatic heterocycles. The molecule has 0 aliphatic carbocycles. The molecule has 1 aromatic carbocycles. The molecular formula is C25H42O3. The molecular weight excluding hydrogens is 348 g/mol. The van der Waals surface area contributed by atoms with Crippen LogP contribution in [0.1, 0.15) is 112 Å². The van der Waals surface area contributed by atoms with Crippen molar-refractivity contribution in [2.45, 2.75) is 106 Å². The number of hydrogen-bond donors (Lipinski definition) is 2. The lowest BCUT2D eigenvalue weighted by molar-refractivity contribution is -0.138. The van der Waals surface area contributed by atoms with E-state index < -0.39 is 11.9 Å². The number of phenolic OH excluding ortho intramolecular Hbond substituents is 1. The van der Waals surface area contributed by atoms with E-state index in [1.54, 1.807) is 6.92 Å². The van der Waals surface area contributed by atoms with Crippen LogP contribution in [-0.2, 0) is 15.6 Å². The van der Waals surface area contributed by atoms with E-state index in [1.807, 2.05) is 12.1 Å². The van der Waals surface area contributed by atoms with Crippen LogP contribution in [0.25, 0.3) is 0 Å². The fraction of sp³-hybridized carbons (Fsp3) is 0.720. The number of aliphatic carboxylic acids is 1. The summed E-state index contributed by atoms with van der Waals surface area (Å²) in [4.78, 5) is 11.7. The normalized spacial score (nSPS) is 14.8. The first-order chi connectivity index (χ1) is 12.3. The van der Waals surface area contributed by atoms with E-state index in [1.165, 1.54) is 0 Å². The number of carboxylic acid groups (broad SMARTS) is 1. The van der Waals surface area contributed by atoms with Crippen molar-refractivity contribution in [1.29, 1.82) is 0 Å². The Labute approximate surface area is 172 Å². The summed E-state index contributed by atoms with van der Waals surface area (Å²) in [6.07, 6.45) is 1.77. The van der Waals surface area contributed by atoms with Crippen LogP contribution < -0.4 is 0 Å². The molecule has 2 N–H and O–H groups in total. The molecule has 3 nitrogen and oxygen atoms in total. The maximum atomic E-state index is 11.7. The van der Waals surface area contributed by atoms with Crippen molar-refractivity contribution in [1.82, 2.24) is 0 Å². The van der Waals surface area contributed by atoms with Crippen molar-refractivity contribution in [2.24, 2.45) is 10.8 Å². The summed E-state index contributed by atoms with van der Waals surface area (Å²) in [5.41, 5.74) is 2.10. The Morgan fingerprint density at radius 3 is 1.39 bits per heavy atom. The van der Waals surface area contributed by atoms with Crippen LogP contribution in [0.3, 0.4) is 0 Å². The minimum absolute atomic E-state index is 0.0887. The molecule has 0 spiro atoms. The first-order valence-electron chi connectivity index (χ1n) is 10.4. The van der Waals surface area contributed by atoms with Gasteiger partial charge in [-0.1, -0.05) is 81.4 Å². The minimum Gasteiger partial charge on any atom is -0.507 e. The van der Waals surface area contributed by atoms with Crippen molar-refractivity contribution in [3.63, 3.8) is 0 Å². The lowest BCUT2D eigenvalue weighted by Gasteiger charge is -2.38. The van der Waals surface area contributed by atoms with Gasteiger partial charge < -0.3 is 10.2 Å². The SMILES string of the molecule is CC(C(=O)O)c1cc(C(C)(C)CC(C)(C)C)c(O)c(C(C)(C)CC(C)(C)C)c1. The van der Waals surface area contributed by atoms with Crippen molar-refractivity contribution >= 4 is 5.97 Å². The number of phenols is 1. The standard InChI is InChI=1S/C25H42O3/c1-16(21(27)28)17-12-18(24(8,9)14-22(2,3)4)20(26)19(13-17)25(10,11)15-23(5,6)7/h12-13,16,26H,14-15H2,1-11H3,(H,27,28). The quantitative estimate of drug-likeness (QED) is 0.549. The van der Waals surface area contributed by atoms with Crippen LogP contribution in [0.5, 0.6) is 5.75 Å².